The fraction of sp³-hybridized carbons (Fsp3) is 0.333. The normalized spacial score (nSPS) is 11.8. The van der Waals surface area contributed by atoms with Gasteiger partial charge in [0.2, 0.25) is 0 Å². The molecule has 1 nitrogen and oxygen atoms in total. The number of hydrogen-bond acceptors (Lipinski definition) is 2. The second kappa shape index (κ2) is 4.19. The van der Waals surface area contributed by atoms with Gasteiger partial charge in [-0.15, -0.1) is 11.3 Å². The highest BCUT2D eigenvalue weighted by Gasteiger charge is 2.17. The number of rotatable bonds is 1. The minimum absolute atomic E-state index is 0.105. The van der Waals surface area contributed by atoms with E-state index in [0.29, 0.717) is 5.75 Å². The summed E-state index contributed by atoms with van der Waals surface area (Å²) in [6, 6.07) is 7.99. The molecule has 0 saturated carbocycles. The van der Waals surface area contributed by atoms with E-state index in [1.165, 1.54) is 11.1 Å². The molecule has 0 aliphatic carbocycles. The zero-order valence-corrected chi connectivity index (χ0v) is 11.6. The molecule has 0 saturated heterocycles. The van der Waals surface area contributed by atoms with E-state index < -0.39 is 0 Å². The molecule has 2 rings (SSSR count). The van der Waals surface area contributed by atoms with Gasteiger partial charge in [0, 0.05) is 10.4 Å². The van der Waals surface area contributed by atoms with Crippen LogP contribution in [0.4, 0.5) is 0 Å². The van der Waals surface area contributed by atoms with E-state index in [1.54, 1.807) is 17.4 Å². The van der Waals surface area contributed by atoms with Gasteiger partial charge in [-0.3, -0.25) is 0 Å². The van der Waals surface area contributed by atoms with Gasteiger partial charge >= 0.3 is 0 Å². The second-order valence-corrected chi connectivity index (χ2v) is 6.33. The number of hydrogen-bond donors (Lipinski definition) is 1. The van der Waals surface area contributed by atoms with E-state index in [0.717, 1.165) is 10.4 Å². The highest BCUT2D eigenvalue weighted by atomic mass is 32.1. The van der Waals surface area contributed by atoms with Gasteiger partial charge in [0.25, 0.3) is 0 Å². The fourth-order valence-electron chi connectivity index (χ4n) is 1.83. The highest BCUT2D eigenvalue weighted by Crippen LogP contribution is 2.38. The minimum Gasteiger partial charge on any atom is -0.507 e. The third kappa shape index (κ3) is 2.37. The van der Waals surface area contributed by atoms with Gasteiger partial charge in [-0.1, -0.05) is 26.8 Å². The molecule has 0 fully saturated rings. The summed E-state index contributed by atoms with van der Waals surface area (Å²) in [6.45, 7) is 8.63. The zero-order chi connectivity index (χ0) is 12.6. The molecule has 0 amide bonds. The van der Waals surface area contributed by atoms with Crippen LogP contribution in [0.25, 0.3) is 10.4 Å². The Balaban J connectivity index is 2.58. The maximum Gasteiger partial charge on any atom is 0.124 e. The van der Waals surface area contributed by atoms with E-state index in [-0.39, 0.29) is 5.41 Å². The lowest BCUT2D eigenvalue weighted by Gasteiger charge is -2.20. The monoisotopic (exact) mass is 246 g/mol. The average Bonchev–Trinajstić information content (AvgIpc) is 2.63. The maximum atomic E-state index is 10.0. The summed E-state index contributed by atoms with van der Waals surface area (Å²) < 4.78 is 0. The quantitative estimate of drug-likeness (QED) is 0.771. The van der Waals surface area contributed by atoms with Crippen LogP contribution in [0.1, 0.15) is 31.9 Å². The molecule has 0 bridgehead atoms. The van der Waals surface area contributed by atoms with Crippen molar-refractivity contribution >= 4 is 11.3 Å². The number of aromatic hydroxyl groups is 1. The smallest absolute Gasteiger partial charge is 0.124 e. The van der Waals surface area contributed by atoms with Gasteiger partial charge in [0.1, 0.15) is 5.75 Å². The second-order valence-electron chi connectivity index (χ2n) is 5.41. The van der Waals surface area contributed by atoms with Crippen molar-refractivity contribution in [3.8, 4) is 16.2 Å². The van der Waals surface area contributed by atoms with Crippen LogP contribution in [-0.2, 0) is 5.41 Å². The molecule has 2 heteroatoms. The van der Waals surface area contributed by atoms with Crippen molar-refractivity contribution in [1.82, 2.24) is 0 Å². The molecule has 0 unspecified atom stereocenters. The molecule has 1 aromatic heterocycles. The molecule has 1 heterocycles. The van der Waals surface area contributed by atoms with Gasteiger partial charge in [-0.25, -0.2) is 0 Å². The number of aryl methyl sites for hydroxylation is 1. The van der Waals surface area contributed by atoms with Crippen molar-refractivity contribution in [2.45, 2.75) is 33.1 Å². The van der Waals surface area contributed by atoms with Crippen molar-refractivity contribution in [3.63, 3.8) is 0 Å². The predicted molar refractivity (Wildman–Crippen MR) is 74.9 cm³/mol. The van der Waals surface area contributed by atoms with Gasteiger partial charge in [0.15, 0.2) is 0 Å². The molecular weight excluding hydrogens is 228 g/mol. The van der Waals surface area contributed by atoms with Crippen LogP contribution in [-0.4, -0.2) is 5.11 Å². The third-order valence-corrected chi connectivity index (χ3v) is 4.02. The lowest BCUT2D eigenvalue weighted by molar-refractivity contribution is 0.476. The van der Waals surface area contributed by atoms with Crippen molar-refractivity contribution in [2.75, 3.05) is 0 Å². The Morgan fingerprint density at radius 2 is 1.82 bits per heavy atom. The first-order chi connectivity index (χ1) is 7.89. The Morgan fingerprint density at radius 3 is 2.35 bits per heavy atom. The average molecular weight is 246 g/mol. The Morgan fingerprint density at radius 1 is 1.12 bits per heavy atom. The van der Waals surface area contributed by atoms with E-state index in [9.17, 15) is 5.11 Å². The topological polar surface area (TPSA) is 20.2 Å². The van der Waals surface area contributed by atoms with Crippen molar-refractivity contribution in [1.29, 1.82) is 0 Å². The largest absolute Gasteiger partial charge is 0.507 e. The van der Waals surface area contributed by atoms with Crippen LogP contribution in [0.15, 0.2) is 29.6 Å². The molecule has 17 heavy (non-hydrogen) atoms. The standard InChI is InChI=1S/C15H18OS/c1-10-7-8-17-14(10)12-9-11(15(2,3)4)5-6-13(12)16/h5-9,16H,1-4H3. The summed E-state index contributed by atoms with van der Waals surface area (Å²) >= 11 is 1.68. The summed E-state index contributed by atoms with van der Waals surface area (Å²) in [7, 11) is 0. The molecule has 0 radical (unpaired) electrons. The Labute approximate surface area is 107 Å². The van der Waals surface area contributed by atoms with E-state index in [2.05, 4.69) is 45.2 Å². The van der Waals surface area contributed by atoms with Crippen LogP contribution in [0, 0.1) is 6.92 Å². The van der Waals surface area contributed by atoms with Gasteiger partial charge in [-0.2, -0.15) is 0 Å². The number of phenols is 1. The molecule has 1 aromatic carbocycles. The van der Waals surface area contributed by atoms with Gasteiger partial charge in [0.05, 0.1) is 0 Å². The minimum atomic E-state index is 0.105. The van der Waals surface area contributed by atoms with Crippen LogP contribution < -0.4 is 0 Å². The Hall–Kier alpha value is -1.28. The summed E-state index contributed by atoms with van der Waals surface area (Å²) in [5.74, 6) is 0.364. The fourth-order valence-corrected chi connectivity index (χ4v) is 2.79. The Kier molecular flexibility index (Phi) is 3.00. The van der Waals surface area contributed by atoms with Gasteiger partial charge in [-0.05, 0) is 47.0 Å². The first-order valence-electron chi connectivity index (χ1n) is 5.77. The van der Waals surface area contributed by atoms with Crippen molar-refractivity contribution < 1.29 is 5.11 Å². The number of benzene rings is 1. The summed E-state index contributed by atoms with van der Waals surface area (Å²) in [6.07, 6.45) is 0. The van der Waals surface area contributed by atoms with E-state index in [1.807, 2.05) is 6.07 Å². The van der Waals surface area contributed by atoms with E-state index >= 15 is 0 Å². The molecule has 2 aromatic rings. The van der Waals surface area contributed by atoms with E-state index in [4.69, 9.17) is 0 Å². The lowest BCUT2D eigenvalue weighted by Crippen LogP contribution is -2.10. The summed E-state index contributed by atoms with van der Waals surface area (Å²) in [5.41, 5.74) is 3.52. The van der Waals surface area contributed by atoms with Gasteiger partial charge < -0.3 is 5.11 Å². The van der Waals surface area contributed by atoms with Crippen LogP contribution in [0.5, 0.6) is 5.75 Å². The third-order valence-electron chi connectivity index (χ3n) is 2.97. The summed E-state index contributed by atoms with van der Waals surface area (Å²) in [4.78, 5) is 1.16. The molecule has 0 aliphatic rings. The zero-order valence-electron chi connectivity index (χ0n) is 10.7. The van der Waals surface area contributed by atoms with Crippen molar-refractivity contribution in [2.24, 2.45) is 0 Å². The molecule has 0 atom stereocenters. The first kappa shape index (κ1) is 12.2. The highest BCUT2D eigenvalue weighted by molar-refractivity contribution is 7.13. The molecule has 0 spiro atoms. The SMILES string of the molecule is Cc1ccsc1-c1cc(C(C)(C)C)ccc1O. The van der Waals surface area contributed by atoms with Crippen LogP contribution in [0.3, 0.4) is 0 Å². The first-order valence-corrected chi connectivity index (χ1v) is 6.65. The number of phenolic OH excluding ortho intramolecular Hbond substituents is 1. The molecule has 1 N–H and O–H groups in total. The van der Waals surface area contributed by atoms with Crippen LogP contribution >= 0.6 is 11.3 Å². The van der Waals surface area contributed by atoms with Crippen molar-refractivity contribution in [3.05, 3.63) is 40.8 Å². The molecule has 0 aliphatic heterocycles. The summed E-state index contributed by atoms with van der Waals surface area (Å²) in [5, 5.41) is 12.1. The molecule has 90 valence electrons. The lowest BCUT2D eigenvalue weighted by atomic mass is 9.86. The number of thiophene rings is 1. The van der Waals surface area contributed by atoms with Crippen LogP contribution in [0.2, 0.25) is 0 Å². The predicted octanol–water partition coefficient (Wildman–Crippen LogP) is 4.73. The Bertz CT molecular complexity index is 532. The molecular formula is C15H18OS. The maximum absolute atomic E-state index is 10.0.